The third-order valence-electron chi connectivity index (χ3n) is 8.88. The van der Waals surface area contributed by atoms with Crippen LogP contribution in [0.4, 0.5) is 15.4 Å². The summed E-state index contributed by atoms with van der Waals surface area (Å²) < 4.78 is 10.8. The number of pyridine rings is 1. The van der Waals surface area contributed by atoms with Crippen LogP contribution in [0.25, 0.3) is 0 Å². The third kappa shape index (κ3) is 12.7. The molecule has 1 unspecified atom stereocenters. The SMILES string of the molecule is C[C@@H]1CN(C(=O)O)C[C@H](C)N1CC(=O)Nc1cc(C2CCC(=O)NC2=O)ccn1.C[C@@H]1CN(C(=O)OC(C)(C)C)C[C@H](C)N1CC(=O)OC(C)(C)C. The van der Waals surface area contributed by atoms with Crippen LogP contribution in [0.5, 0.6) is 0 Å². The molecule has 0 saturated carbocycles. The van der Waals surface area contributed by atoms with E-state index >= 15 is 0 Å². The van der Waals surface area contributed by atoms with Gasteiger partial charge in [0, 0.05) is 63.0 Å². The van der Waals surface area contributed by atoms with Crippen molar-refractivity contribution in [3.8, 4) is 0 Å². The molecular weight excluding hydrogens is 674 g/mol. The molecule has 5 amide bonds. The van der Waals surface area contributed by atoms with Crippen molar-refractivity contribution < 1.29 is 43.3 Å². The summed E-state index contributed by atoms with van der Waals surface area (Å²) >= 11 is 0. The number of ether oxygens (including phenoxy) is 2. The van der Waals surface area contributed by atoms with Gasteiger partial charge >= 0.3 is 18.2 Å². The molecule has 0 aromatic carbocycles. The third-order valence-corrected chi connectivity index (χ3v) is 8.88. The highest BCUT2D eigenvalue weighted by atomic mass is 16.6. The van der Waals surface area contributed by atoms with Gasteiger partial charge in [-0.25, -0.2) is 14.6 Å². The molecule has 0 spiro atoms. The normalized spacial score (nSPS) is 24.6. The smallest absolute Gasteiger partial charge is 0.410 e. The largest absolute Gasteiger partial charge is 0.465 e. The van der Waals surface area contributed by atoms with E-state index in [1.807, 2.05) is 74.1 Å². The summed E-state index contributed by atoms with van der Waals surface area (Å²) in [5.74, 6) is -1.23. The maximum atomic E-state index is 12.5. The number of nitrogens with zero attached hydrogens (tertiary/aromatic N) is 5. The second-order valence-electron chi connectivity index (χ2n) is 15.9. The molecule has 0 radical (unpaired) electrons. The molecule has 0 aliphatic carbocycles. The molecule has 3 N–H and O–H groups in total. The number of piperazine rings is 2. The van der Waals surface area contributed by atoms with Crippen LogP contribution in [0.2, 0.25) is 0 Å². The number of carbonyl (C=O) groups excluding carboxylic acids is 5. The van der Waals surface area contributed by atoms with Crippen molar-refractivity contribution in [1.29, 1.82) is 0 Å². The van der Waals surface area contributed by atoms with E-state index in [1.54, 1.807) is 17.0 Å². The summed E-state index contributed by atoms with van der Waals surface area (Å²) in [6.45, 7) is 21.1. The van der Waals surface area contributed by atoms with Crippen LogP contribution in [0.15, 0.2) is 18.3 Å². The molecule has 3 saturated heterocycles. The molecule has 4 rings (SSSR count). The zero-order valence-corrected chi connectivity index (χ0v) is 32.2. The predicted molar refractivity (Wildman–Crippen MR) is 193 cm³/mol. The predicted octanol–water partition coefficient (Wildman–Crippen LogP) is 3.27. The van der Waals surface area contributed by atoms with E-state index in [2.05, 4.69) is 20.5 Å². The molecule has 3 aliphatic rings. The Bertz CT molecular complexity index is 1450. The molecular formula is C36H57N7O9. The van der Waals surface area contributed by atoms with Crippen LogP contribution < -0.4 is 10.6 Å². The average Bonchev–Trinajstić information content (AvgIpc) is 2.99. The van der Waals surface area contributed by atoms with Crippen molar-refractivity contribution in [2.75, 3.05) is 44.6 Å². The minimum Gasteiger partial charge on any atom is -0.465 e. The van der Waals surface area contributed by atoms with Gasteiger partial charge in [-0.05, 0) is 93.4 Å². The molecule has 290 valence electrons. The minimum atomic E-state index is -0.956. The number of nitrogens with one attached hydrogen (secondary N) is 2. The fourth-order valence-corrected chi connectivity index (χ4v) is 6.58. The molecule has 0 bridgehead atoms. The number of amides is 5. The Kier molecular flexibility index (Phi) is 14.1. The first-order valence-corrected chi connectivity index (χ1v) is 17.8. The van der Waals surface area contributed by atoms with E-state index in [-0.39, 0.29) is 73.5 Å². The summed E-state index contributed by atoms with van der Waals surface area (Å²) in [4.78, 5) is 82.6. The summed E-state index contributed by atoms with van der Waals surface area (Å²) in [5.41, 5.74) is -0.295. The Morgan fingerprint density at radius 3 is 1.87 bits per heavy atom. The van der Waals surface area contributed by atoms with Gasteiger partial charge in [0.05, 0.1) is 19.0 Å². The Hall–Kier alpha value is -4.31. The van der Waals surface area contributed by atoms with E-state index in [1.165, 1.54) is 11.1 Å². The maximum Gasteiger partial charge on any atom is 0.410 e. The first-order chi connectivity index (χ1) is 24.0. The minimum absolute atomic E-state index is 0.0683. The number of esters is 1. The number of imide groups is 1. The Morgan fingerprint density at radius 2 is 1.37 bits per heavy atom. The lowest BCUT2D eigenvalue weighted by Gasteiger charge is -2.44. The van der Waals surface area contributed by atoms with Gasteiger partial charge in [0.25, 0.3) is 0 Å². The van der Waals surface area contributed by atoms with Gasteiger partial charge in [-0.15, -0.1) is 0 Å². The Labute approximate surface area is 306 Å². The lowest BCUT2D eigenvalue weighted by Crippen LogP contribution is -2.59. The topological polar surface area (TPSA) is 191 Å². The van der Waals surface area contributed by atoms with Crippen LogP contribution >= 0.6 is 0 Å². The number of piperidine rings is 1. The molecule has 16 nitrogen and oxygen atoms in total. The Balaban J connectivity index is 0.000000289. The van der Waals surface area contributed by atoms with Crippen molar-refractivity contribution in [3.63, 3.8) is 0 Å². The zero-order valence-electron chi connectivity index (χ0n) is 32.2. The average molecular weight is 732 g/mol. The lowest BCUT2D eigenvalue weighted by atomic mass is 9.91. The second-order valence-corrected chi connectivity index (χ2v) is 15.9. The molecule has 3 aliphatic heterocycles. The van der Waals surface area contributed by atoms with Crippen LogP contribution in [0.3, 0.4) is 0 Å². The van der Waals surface area contributed by atoms with Crippen LogP contribution in [0, 0.1) is 0 Å². The molecule has 3 fully saturated rings. The van der Waals surface area contributed by atoms with E-state index < -0.39 is 23.2 Å². The number of carboxylic acid groups (broad SMARTS) is 1. The van der Waals surface area contributed by atoms with E-state index in [0.29, 0.717) is 44.0 Å². The van der Waals surface area contributed by atoms with Crippen LogP contribution in [0.1, 0.15) is 93.6 Å². The van der Waals surface area contributed by atoms with E-state index in [4.69, 9.17) is 9.47 Å². The molecule has 1 aromatic heterocycles. The monoisotopic (exact) mass is 731 g/mol. The van der Waals surface area contributed by atoms with Gasteiger partial charge in [0.2, 0.25) is 17.7 Å². The summed E-state index contributed by atoms with van der Waals surface area (Å²) in [6, 6.07) is 3.29. The summed E-state index contributed by atoms with van der Waals surface area (Å²) in [5, 5.41) is 14.2. The highest BCUT2D eigenvalue weighted by Crippen LogP contribution is 2.26. The molecule has 4 heterocycles. The number of rotatable bonds is 6. The van der Waals surface area contributed by atoms with Crippen LogP contribution in [-0.2, 0) is 28.7 Å². The van der Waals surface area contributed by atoms with Gasteiger partial charge in [-0.3, -0.25) is 34.3 Å². The Morgan fingerprint density at radius 1 is 0.846 bits per heavy atom. The summed E-state index contributed by atoms with van der Waals surface area (Å²) in [6.07, 6.45) is 0.963. The number of carbonyl (C=O) groups is 6. The number of hydrogen-bond donors (Lipinski definition) is 3. The molecule has 5 atom stereocenters. The van der Waals surface area contributed by atoms with Crippen LogP contribution in [-0.4, -0.2) is 140 Å². The molecule has 16 heteroatoms. The van der Waals surface area contributed by atoms with Crippen molar-refractivity contribution >= 4 is 41.7 Å². The second kappa shape index (κ2) is 17.5. The van der Waals surface area contributed by atoms with Gasteiger partial charge in [0.15, 0.2) is 0 Å². The first kappa shape index (κ1) is 42.1. The fourth-order valence-electron chi connectivity index (χ4n) is 6.58. The molecule has 1 aromatic rings. The van der Waals surface area contributed by atoms with E-state index in [9.17, 15) is 33.9 Å². The van der Waals surface area contributed by atoms with Crippen molar-refractivity contribution in [1.82, 2.24) is 29.9 Å². The van der Waals surface area contributed by atoms with E-state index in [0.717, 1.165) is 0 Å². The quantitative estimate of drug-likeness (QED) is 0.286. The van der Waals surface area contributed by atoms with Gasteiger partial charge < -0.3 is 29.7 Å². The number of hydrogen-bond acceptors (Lipinski definition) is 11. The standard InChI is InChI=1S/C19H25N5O5.C17H32N2O4/c1-11-8-23(19(28)29)9-12(2)24(11)10-17(26)21-15-7-13(5-6-20-15)14-3-4-16(25)22-18(14)27;1-12-9-18(15(21)23-17(6,7)8)10-13(2)19(12)11-14(20)22-16(3,4)5/h5-7,11-12,14H,3-4,8-10H2,1-2H3,(H,28,29)(H,20,21,26)(H,22,25,27);12-13H,9-11H2,1-8H3/t11-,12+,14?;12-,13+. The van der Waals surface area contributed by atoms with Gasteiger partial charge in [-0.2, -0.15) is 0 Å². The highest BCUT2D eigenvalue weighted by molar-refractivity contribution is 6.01. The molecule has 52 heavy (non-hydrogen) atoms. The van der Waals surface area contributed by atoms with Gasteiger partial charge in [-0.1, -0.05) is 0 Å². The number of aromatic nitrogens is 1. The first-order valence-electron chi connectivity index (χ1n) is 17.8. The highest BCUT2D eigenvalue weighted by Gasteiger charge is 2.36. The van der Waals surface area contributed by atoms with Crippen molar-refractivity contribution in [2.45, 2.75) is 123 Å². The zero-order chi connectivity index (χ0) is 39.1. The number of anilines is 1. The lowest BCUT2D eigenvalue weighted by molar-refractivity contribution is -0.158. The van der Waals surface area contributed by atoms with Crippen molar-refractivity contribution in [2.24, 2.45) is 0 Å². The van der Waals surface area contributed by atoms with Crippen molar-refractivity contribution in [3.05, 3.63) is 23.9 Å². The fraction of sp³-hybridized carbons (Fsp3) is 0.694. The van der Waals surface area contributed by atoms with Gasteiger partial charge in [0.1, 0.15) is 17.0 Å². The summed E-state index contributed by atoms with van der Waals surface area (Å²) in [7, 11) is 0. The maximum absolute atomic E-state index is 12.5.